The van der Waals surface area contributed by atoms with E-state index in [4.69, 9.17) is 0 Å². The van der Waals surface area contributed by atoms with Gasteiger partial charge in [0.2, 0.25) is 0 Å². The van der Waals surface area contributed by atoms with Crippen molar-refractivity contribution in [2.45, 2.75) is 97.3 Å². The van der Waals surface area contributed by atoms with Crippen LogP contribution >= 0.6 is 0 Å². The third kappa shape index (κ3) is 5.54. The largest absolute Gasteiger partial charge is 0.299 e. The van der Waals surface area contributed by atoms with Gasteiger partial charge in [0.05, 0.1) is 0 Å². The molecule has 1 aliphatic carbocycles. The lowest BCUT2D eigenvalue weighted by Gasteiger charge is -2.21. The average Bonchev–Trinajstić information content (AvgIpc) is 2.68. The number of ketones is 1. The van der Waals surface area contributed by atoms with Crippen molar-refractivity contribution in [2.24, 2.45) is 5.41 Å². The van der Waals surface area contributed by atoms with Crippen LogP contribution in [0.2, 0.25) is 0 Å². The topological polar surface area (TPSA) is 17.1 Å². The molecule has 0 aromatic rings. The van der Waals surface area contributed by atoms with Crippen molar-refractivity contribution in [3.63, 3.8) is 0 Å². The summed E-state index contributed by atoms with van der Waals surface area (Å²) >= 11 is 0. The van der Waals surface area contributed by atoms with Crippen LogP contribution < -0.4 is 0 Å². The predicted molar refractivity (Wildman–Crippen MR) is 78.8 cm³/mol. The molecule has 0 N–H and O–H groups in total. The van der Waals surface area contributed by atoms with Gasteiger partial charge in [0, 0.05) is 11.8 Å². The highest BCUT2D eigenvalue weighted by molar-refractivity contribution is 5.86. The predicted octanol–water partition coefficient (Wildman–Crippen LogP) is 5.67. The number of hydrogen-bond acceptors (Lipinski definition) is 1. The molecule has 1 heteroatoms. The zero-order valence-corrected chi connectivity index (χ0v) is 12.6. The molecule has 1 fully saturated rings. The number of carbonyl (C=O) groups excluding carboxylic acids is 1. The molecule has 1 nitrogen and oxygen atoms in total. The number of unbranched alkanes of at least 4 members (excludes halogenated alkanes) is 8. The molecule has 1 saturated carbocycles. The molecule has 0 aromatic carbocycles. The van der Waals surface area contributed by atoms with Gasteiger partial charge in [-0.25, -0.2) is 0 Å². The van der Waals surface area contributed by atoms with E-state index in [1.807, 2.05) is 0 Å². The third-order valence-corrected chi connectivity index (χ3v) is 4.64. The van der Waals surface area contributed by atoms with Gasteiger partial charge >= 0.3 is 0 Å². The summed E-state index contributed by atoms with van der Waals surface area (Å²) in [6.45, 7) is 4.46. The molecule has 18 heavy (non-hydrogen) atoms. The van der Waals surface area contributed by atoms with Crippen LogP contribution in [0.4, 0.5) is 0 Å². The van der Waals surface area contributed by atoms with Crippen LogP contribution in [0, 0.1) is 5.41 Å². The molecule has 0 saturated heterocycles. The minimum Gasteiger partial charge on any atom is -0.299 e. The summed E-state index contributed by atoms with van der Waals surface area (Å²) in [5, 5.41) is 0. The number of Topliss-reactive ketones (excluding diaryl/α,β-unsaturated/α-hetero) is 1. The van der Waals surface area contributed by atoms with E-state index in [0.29, 0.717) is 5.78 Å². The summed E-state index contributed by atoms with van der Waals surface area (Å²) in [4.78, 5) is 11.8. The summed E-state index contributed by atoms with van der Waals surface area (Å²) in [7, 11) is 0. The lowest BCUT2D eigenvalue weighted by molar-refractivity contribution is -0.125. The van der Waals surface area contributed by atoms with E-state index in [1.165, 1.54) is 57.8 Å². The Bertz CT molecular complexity index is 234. The first kappa shape index (κ1) is 15.7. The minimum atomic E-state index is 0.0567. The van der Waals surface area contributed by atoms with Crippen LogP contribution in [-0.2, 0) is 4.79 Å². The van der Waals surface area contributed by atoms with E-state index in [1.54, 1.807) is 0 Å². The summed E-state index contributed by atoms with van der Waals surface area (Å²) < 4.78 is 0. The second-order valence-electron chi connectivity index (χ2n) is 6.42. The van der Waals surface area contributed by atoms with Crippen molar-refractivity contribution in [1.82, 2.24) is 0 Å². The number of rotatable bonds is 10. The summed E-state index contributed by atoms with van der Waals surface area (Å²) in [6.07, 6.45) is 16.6. The van der Waals surface area contributed by atoms with E-state index in [-0.39, 0.29) is 5.41 Å². The summed E-state index contributed by atoms with van der Waals surface area (Å²) in [6, 6.07) is 0. The molecule has 106 valence electrons. The second-order valence-corrected chi connectivity index (χ2v) is 6.42. The average molecular weight is 252 g/mol. The highest BCUT2D eigenvalue weighted by Crippen LogP contribution is 2.38. The second kappa shape index (κ2) is 8.72. The maximum Gasteiger partial charge on any atom is 0.138 e. The summed E-state index contributed by atoms with van der Waals surface area (Å²) in [5.74, 6) is 0.530. The smallest absolute Gasteiger partial charge is 0.138 e. The Morgan fingerprint density at radius 3 is 2.00 bits per heavy atom. The Balaban J connectivity index is 1.91. The molecule has 0 bridgehead atoms. The molecule has 0 radical (unpaired) electrons. The molecule has 0 heterocycles. The van der Waals surface area contributed by atoms with Crippen molar-refractivity contribution in [2.75, 3.05) is 0 Å². The van der Waals surface area contributed by atoms with Crippen LogP contribution in [0.1, 0.15) is 97.3 Å². The zero-order valence-electron chi connectivity index (χ0n) is 12.6. The van der Waals surface area contributed by atoms with Gasteiger partial charge in [-0.15, -0.1) is 0 Å². The Kier molecular flexibility index (Phi) is 7.62. The molecule has 0 aliphatic heterocycles. The highest BCUT2D eigenvalue weighted by atomic mass is 16.1. The van der Waals surface area contributed by atoms with Crippen molar-refractivity contribution in [3.8, 4) is 0 Å². The van der Waals surface area contributed by atoms with E-state index in [9.17, 15) is 4.79 Å². The van der Waals surface area contributed by atoms with E-state index >= 15 is 0 Å². The zero-order chi connectivity index (χ0) is 13.3. The van der Waals surface area contributed by atoms with Gasteiger partial charge in [-0.1, -0.05) is 71.6 Å². The van der Waals surface area contributed by atoms with Crippen LogP contribution in [0.5, 0.6) is 0 Å². The van der Waals surface area contributed by atoms with Crippen LogP contribution in [0.3, 0.4) is 0 Å². The van der Waals surface area contributed by atoms with Gasteiger partial charge in [0.25, 0.3) is 0 Å². The Hall–Kier alpha value is -0.330. The third-order valence-electron chi connectivity index (χ3n) is 4.64. The Morgan fingerprint density at radius 2 is 1.50 bits per heavy atom. The van der Waals surface area contributed by atoms with Crippen molar-refractivity contribution < 1.29 is 4.79 Å². The highest BCUT2D eigenvalue weighted by Gasteiger charge is 2.36. The van der Waals surface area contributed by atoms with Crippen molar-refractivity contribution >= 4 is 5.78 Å². The first-order valence-corrected chi connectivity index (χ1v) is 8.22. The van der Waals surface area contributed by atoms with E-state index in [2.05, 4.69) is 13.8 Å². The van der Waals surface area contributed by atoms with Crippen molar-refractivity contribution in [1.29, 1.82) is 0 Å². The Morgan fingerprint density at radius 1 is 0.944 bits per heavy atom. The molecule has 1 rings (SSSR count). The standard InChI is InChI=1S/C17H32O/c1-3-4-5-6-7-8-9-10-11-14-17(2)15-12-13-16(17)18/h3-15H2,1-2H3. The molecular formula is C17H32O. The molecule has 0 amide bonds. The number of hydrogen-bond donors (Lipinski definition) is 0. The molecule has 0 spiro atoms. The van der Waals surface area contributed by atoms with Crippen LogP contribution in [-0.4, -0.2) is 5.78 Å². The van der Waals surface area contributed by atoms with Gasteiger partial charge < -0.3 is 0 Å². The van der Waals surface area contributed by atoms with Gasteiger partial charge in [0.1, 0.15) is 5.78 Å². The number of carbonyl (C=O) groups is 1. The molecule has 1 atom stereocenters. The first-order chi connectivity index (χ1) is 8.69. The van der Waals surface area contributed by atoms with E-state index in [0.717, 1.165) is 25.7 Å². The van der Waals surface area contributed by atoms with Gasteiger partial charge in [-0.05, 0) is 19.3 Å². The van der Waals surface area contributed by atoms with Crippen LogP contribution in [0.25, 0.3) is 0 Å². The monoisotopic (exact) mass is 252 g/mol. The van der Waals surface area contributed by atoms with Gasteiger partial charge in [0.15, 0.2) is 0 Å². The van der Waals surface area contributed by atoms with Crippen LogP contribution in [0.15, 0.2) is 0 Å². The van der Waals surface area contributed by atoms with Gasteiger partial charge in [-0.2, -0.15) is 0 Å². The van der Waals surface area contributed by atoms with E-state index < -0.39 is 0 Å². The normalized spacial score (nSPS) is 23.8. The lowest BCUT2D eigenvalue weighted by atomic mass is 9.82. The van der Waals surface area contributed by atoms with Crippen molar-refractivity contribution in [3.05, 3.63) is 0 Å². The molecule has 1 aliphatic rings. The molecular weight excluding hydrogens is 220 g/mol. The maximum absolute atomic E-state index is 11.8. The Labute approximate surface area is 114 Å². The fourth-order valence-electron chi connectivity index (χ4n) is 3.17. The first-order valence-electron chi connectivity index (χ1n) is 8.22. The molecule has 0 aromatic heterocycles. The summed E-state index contributed by atoms with van der Waals surface area (Å²) in [5.41, 5.74) is 0.0567. The minimum absolute atomic E-state index is 0.0567. The SMILES string of the molecule is CCCCCCCCCCCC1(C)CCCC1=O. The van der Waals surface area contributed by atoms with Gasteiger partial charge in [-0.3, -0.25) is 4.79 Å². The maximum atomic E-state index is 11.8. The quantitative estimate of drug-likeness (QED) is 0.458. The fraction of sp³-hybridized carbons (Fsp3) is 0.941. The fourth-order valence-corrected chi connectivity index (χ4v) is 3.17. The lowest BCUT2D eigenvalue weighted by Crippen LogP contribution is -2.21. The molecule has 1 unspecified atom stereocenters.